The van der Waals surface area contributed by atoms with E-state index in [1.165, 1.54) is 0 Å². The molecule has 5 heteroatoms. The highest BCUT2D eigenvalue weighted by atomic mass is 79.9. The number of ether oxygens (including phenoxy) is 1. The highest BCUT2D eigenvalue weighted by Gasteiger charge is 2.08. The van der Waals surface area contributed by atoms with Crippen molar-refractivity contribution in [1.82, 2.24) is 0 Å². The van der Waals surface area contributed by atoms with Gasteiger partial charge in [-0.1, -0.05) is 65.5 Å². The Bertz CT molecular complexity index is 572. The smallest absolute Gasteiger partial charge is 0.146 e. The third-order valence-electron chi connectivity index (χ3n) is 2.29. The molecule has 0 amide bonds. The second kappa shape index (κ2) is 6.42. The molecular weight excluding hydrogens is 447 g/mol. The van der Waals surface area contributed by atoms with Crippen molar-refractivity contribution in [1.29, 1.82) is 0 Å². The van der Waals surface area contributed by atoms with Gasteiger partial charge in [-0.25, -0.2) is 0 Å². The molecule has 2 aromatic carbocycles. The minimum Gasteiger partial charge on any atom is -0.455 e. The van der Waals surface area contributed by atoms with Gasteiger partial charge in [0.2, 0.25) is 0 Å². The first-order chi connectivity index (χ1) is 8.60. The fourth-order valence-electron chi connectivity index (χ4n) is 1.41. The maximum absolute atomic E-state index is 6.14. The maximum Gasteiger partial charge on any atom is 0.146 e. The normalized spacial score (nSPS) is 10.4. The summed E-state index contributed by atoms with van der Waals surface area (Å²) in [6.45, 7) is 0. The summed E-state index contributed by atoms with van der Waals surface area (Å²) >= 11 is 16.4. The predicted molar refractivity (Wildman–Crippen MR) is 86.0 cm³/mol. The van der Waals surface area contributed by atoms with Crippen LogP contribution in [0.25, 0.3) is 0 Å². The standard InChI is InChI=1S/C13H8Br3ClO/c14-7-8-1-2-10(16)6-13(8)18-12-4-3-9(15)5-11(12)17/h1-6H,7H2. The van der Waals surface area contributed by atoms with Crippen molar-refractivity contribution >= 4 is 59.4 Å². The summed E-state index contributed by atoms with van der Waals surface area (Å²) in [5.74, 6) is 1.42. The second-order valence-electron chi connectivity index (χ2n) is 3.56. The summed E-state index contributed by atoms with van der Waals surface area (Å²) in [5, 5.41) is 1.30. The van der Waals surface area contributed by atoms with E-state index in [-0.39, 0.29) is 0 Å². The molecule has 1 nitrogen and oxygen atoms in total. The van der Waals surface area contributed by atoms with E-state index in [1.54, 1.807) is 0 Å². The zero-order chi connectivity index (χ0) is 13.1. The first kappa shape index (κ1) is 14.4. The van der Waals surface area contributed by atoms with Gasteiger partial charge in [-0.15, -0.1) is 0 Å². The lowest BCUT2D eigenvalue weighted by molar-refractivity contribution is 0.478. The zero-order valence-corrected chi connectivity index (χ0v) is 14.6. The first-order valence-corrected chi connectivity index (χ1v) is 8.16. The van der Waals surface area contributed by atoms with Gasteiger partial charge in [-0.2, -0.15) is 0 Å². The summed E-state index contributed by atoms with van der Waals surface area (Å²) in [6.07, 6.45) is 0. The number of hydrogen-bond donors (Lipinski definition) is 0. The van der Waals surface area contributed by atoms with Crippen LogP contribution < -0.4 is 4.74 Å². The van der Waals surface area contributed by atoms with E-state index in [0.717, 1.165) is 25.6 Å². The Hall–Kier alpha value is -0.0300. The van der Waals surface area contributed by atoms with Crippen molar-refractivity contribution in [3.8, 4) is 11.5 Å². The monoisotopic (exact) mass is 452 g/mol. The van der Waals surface area contributed by atoms with Gasteiger partial charge in [0, 0.05) is 19.8 Å². The highest BCUT2D eigenvalue weighted by Crippen LogP contribution is 2.35. The molecule has 0 bridgehead atoms. The Morgan fingerprint density at radius 1 is 0.944 bits per heavy atom. The van der Waals surface area contributed by atoms with E-state index >= 15 is 0 Å². The number of alkyl halides is 1. The molecule has 0 aliphatic heterocycles. The molecule has 2 rings (SSSR count). The van der Waals surface area contributed by atoms with Crippen molar-refractivity contribution in [2.45, 2.75) is 5.33 Å². The molecule has 0 N–H and O–H groups in total. The molecule has 94 valence electrons. The average Bonchev–Trinajstić information content (AvgIpc) is 2.33. The number of benzene rings is 2. The lowest BCUT2D eigenvalue weighted by Crippen LogP contribution is -1.90. The molecule has 0 fully saturated rings. The molecule has 0 saturated heterocycles. The van der Waals surface area contributed by atoms with E-state index in [4.69, 9.17) is 16.3 Å². The molecule has 0 aliphatic rings. The number of rotatable bonds is 3. The van der Waals surface area contributed by atoms with Crippen molar-refractivity contribution < 1.29 is 4.74 Å². The molecule has 2 aromatic rings. The van der Waals surface area contributed by atoms with Crippen LogP contribution in [0.3, 0.4) is 0 Å². The Kier molecular flexibility index (Phi) is 5.13. The maximum atomic E-state index is 6.14. The molecule has 0 radical (unpaired) electrons. The van der Waals surface area contributed by atoms with Crippen molar-refractivity contribution in [3.05, 3.63) is 55.9 Å². The molecule has 18 heavy (non-hydrogen) atoms. The van der Waals surface area contributed by atoms with Crippen molar-refractivity contribution in [3.63, 3.8) is 0 Å². The van der Waals surface area contributed by atoms with Crippen LogP contribution in [0.4, 0.5) is 0 Å². The summed E-state index contributed by atoms with van der Waals surface area (Å²) in [5.41, 5.74) is 1.07. The van der Waals surface area contributed by atoms with E-state index in [0.29, 0.717) is 10.8 Å². The summed E-state index contributed by atoms with van der Waals surface area (Å²) in [7, 11) is 0. The van der Waals surface area contributed by atoms with Crippen LogP contribution in [0.15, 0.2) is 45.3 Å². The van der Waals surface area contributed by atoms with Crippen LogP contribution in [0.2, 0.25) is 5.02 Å². The third kappa shape index (κ3) is 3.50. The average molecular weight is 455 g/mol. The lowest BCUT2D eigenvalue weighted by atomic mass is 10.2. The van der Waals surface area contributed by atoms with Gasteiger partial charge in [0.15, 0.2) is 0 Å². The number of halogens is 4. The van der Waals surface area contributed by atoms with E-state index in [2.05, 4.69) is 47.8 Å². The quantitative estimate of drug-likeness (QED) is 0.477. The molecule has 0 unspecified atom stereocenters. The van der Waals surface area contributed by atoms with E-state index < -0.39 is 0 Å². The predicted octanol–water partition coefficient (Wildman–Crippen LogP) is 6.55. The highest BCUT2D eigenvalue weighted by molar-refractivity contribution is 9.10. The lowest BCUT2D eigenvalue weighted by Gasteiger charge is -2.11. The van der Waals surface area contributed by atoms with E-state index in [9.17, 15) is 0 Å². The van der Waals surface area contributed by atoms with Gasteiger partial charge in [-0.3, -0.25) is 0 Å². The van der Waals surface area contributed by atoms with Crippen LogP contribution in [-0.2, 0) is 5.33 Å². The van der Waals surface area contributed by atoms with Crippen LogP contribution in [-0.4, -0.2) is 0 Å². The minimum absolute atomic E-state index is 0.574. The van der Waals surface area contributed by atoms with E-state index in [1.807, 2.05) is 36.4 Å². The Labute approximate surface area is 136 Å². The van der Waals surface area contributed by atoms with Gasteiger partial charge >= 0.3 is 0 Å². The third-order valence-corrected chi connectivity index (χ3v) is 4.17. The van der Waals surface area contributed by atoms with Crippen LogP contribution in [0, 0.1) is 0 Å². The van der Waals surface area contributed by atoms with Crippen molar-refractivity contribution in [2.75, 3.05) is 0 Å². The fourth-order valence-corrected chi connectivity index (χ4v) is 2.93. The Morgan fingerprint density at radius 3 is 2.28 bits per heavy atom. The zero-order valence-electron chi connectivity index (χ0n) is 9.09. The van der Waals surface area contributed by atoms with Crippen molar-refractivity contribution in [2.24, 2.45) is 0 Å². The van der Waals surface area contributed by atoms with Gasteiger partial charge in [0.1, 0.15) is 11.5 Å². The summed E-state index contributed by atoms with van der Waals surface area (Å²) in [4.78, 5) is 0. The molecule has 0 atom stereocenters. The summed E-state index contributed by atoms with van der Waals surface area (Å²) < 4.78 is 7.75. The van der Waals surface area contributed by atoms with Crippen LogP contribution in [0.1, 0.15) is 5.56 Å². The Balaban J connectivity index is 2.36. The minimum atomic E-state index is 0.574. The summed E-state index contributed by atoms with van der Waals surface area (Å²) in [6, 6.07) is 11.4. The molecule has 0 spiro atoms. The Morgan fingerprint density at radius 2 is 1.61 bits per heavy atom. The molecule has 0 heterocycles. The topological polar surface area (TPSA) is 9.23 Å². The molecule has 0 aliphatic carbocycles. The SMILES string of the molecule is Clc1cc(Br)ccc1Oc1cc(Br)ccc1CBr. The van der Waals surface area contributed by atoms with Gasteiger partial charge in [-0.05, 0) is 30.3 Å². The largest absolute Gasteiger partial charge is 0.455 e. The second-order valence-corrected chi connectivity index (χ2v) is 6.36. The van der Waals surface area contributed by atoms with Gasteiger partial charge in [0.05, 0.1) is 5.02 Å². The van der Waals surface area contributed by atoms with Gasteiger partial charge in [0.25, 0.3) is 0 Å². The molecular formula is C13H8Br3ClO. The molecule has 0 saturated carbocycles. The van der Waals surface area contributed by atoms with Crippen LogP contribution in [0.5, 0.6) is 11.5 Å². The number of hydrogen-bond acceptors (Lipinski definition) is 1. The fraction of sp³-hybridized carbons (Fsp3) is 0.0769. The van der Waals surface area contributed by atoms with Crippen LogP contribution >= 0.6 is 59.4 Å². The first-order valence-electron chi connectivity index (χ1n) is 5.07. The van der Waals surface area contributed by atoms with Gasteiger partial charge < -0.3 is 4.74 Å². The molecule has 0 aromatic heterocycles.